The molecule has 0 atom stereocenters. The van der Waals surface area contributed by atoms with E-state index in [1.165, 1.54) is 0 Å². The van der Waals surface area contributed by atoms with Crippen LogP contribution < -0.4 is 5.32 Å². The maximum atomic E-state index is 11.6. The van der Waals surface area contributed by atoms with Crippen LogP contribution in [0.5, 0.6) is 0 Å². The average Bonchev–Trinajstić information content (AvgIpc) is 3.00. The van der Waals surface area contributed by atoms with Crippen molar-refractivity contribution in [2.24, 2.45) is 0 Å². The van der Waals surface area contributed by atoms with Crippen LogP contribution >= 0.6 is 0 Å². The molecule has 90 valence electrons. The number of carbonyl (C=O) groups is 1. The number of nitrogens with one attached hydrogen (secondary N) is 1. The van der Waals surface area contributed by atoms with Crippen LogP contribution in [0.2, 0.25) is 0 Å². The summed E-state index contributed by atoms with van der Waals surface area (Å²) in [6.45, 7) is 0.928. The molecule has 0 saturated carbocycles. The molecule has 2 aromatic heterocycles. The molecule has 2 rings (SSSR count). The number of hydrogen-bond donors (Lipinski definition) is 1. The zero-order chi connectivity index (χ0) is 12.1. The van der Waals surface area contributed by atoms with E-state index in [4.69, 9.17) is 9.15 Å². The molecule has 6 heteroatoms. The molecular formula is C11H13N3O3. The van der Waals surface area contributed by atoms with Crippen molar-refractivity contribution in [1.29, 1.82) is 0 Å². The smallest absolute Gasteiger partial charge is 0.287 e. The molecule has 0 aliphatic rings. The van der Waals surface area contributed by atoms with E-state index in [9.17, 15) is 4.79 Å². The number of furan rings is 1. The Morgan fingerprint density at radius 3 is 3.18 bits per heavy atom. The SMILES string of the molecule is COCCNC(=O)c1ccc(-n2ccnc2)o1. The summed E-state index contributed by atoms with van der Waals surface area (Å²) in [5.74, 6) is 0.567. The van der Waals surface area contributed by atoms with E-state index in [0.29, 0.717) is 19.0 Å². The Morgan fingerprint density at radius 2 is 2.47 bits per heavy atom. The van der Waals surface area contributed by atoms with Crippen molar-refractivity contribution >= 4 is 5.91 Å². The van der Waals surface area contributed by atoms with Crippen molar-refractivity contribution in [3.8, 4) is 5.88 Å². The first kappa shape index (κ1) is 11.4. The first-order chi connectivity index (χ1) is 8.31. The lowest BCUT2D eigenvalue weighted by atomic mass is 10.4. The van der Waals surface area contributed by atoms with E-state index in [1.54, 1.807) is 42.5 Å². The number of aromatic nitrogens is 2. The molecule has 0 bridgehead atoms. The normalized spacial score (nSPS) is 10.4. The van der Waals surface area contributed by atoms with Crippen LogP contribution in [0.4, 0.5) is 0 Å². The van der Waals surface area contributed by atoms with E-state index >= 15 is 0 Å². The Labute approximate surface area is 98.2 Å². The van der Waals surface area contributed by atoms with Crippen LogP contribution in [-0.2, 0) is 4.74 Å². The second-order valence-corrected chi connectivity index (χ2v) is 3.36. The van der Waals surface area contributed by atoms with Crippen molar-refractivity contribution in [2.45, 2.75) is 0 Å². The molecule has 0 aliphatic carbocycles. The molecule has 0 saturated heterocycles. The van der Waals surface area contributed by atoms with Gasteiger partial charge in [-0.1, -0.05) is 0 Å². The third-order valence-electron chi connectivity index (χ3n) is 2.17. The summed E-state index contributed by atoms with van der Waals surface area (Å²) in [7, 11) is 1.58. The lowest BCUT2D eigenvalue weighted by molar-refractivity contribution is 0.0909. The van der Waals surface area contributed by atoms with Gasteiger partial charge in [-0.3, -0.25) is 9.36 Å². The van der Waals surface area contributed by atoms with E-state index in [1.807, 2.05) is 0 Å². The highest BCUT2D eigenvalue weighted by Crippen LogP contribution is 2.12. The lowest BCUT2D eigenvalue weighted by Crippen LogP contribution is -2.26. The van der Waals surface area contributed by atoms with E-state index in [2.05, 4.69) is 10.3 Å². The summed E-state index contributed by atoms with van der Waals surface area (Å²) in [5.41, 5.74) is 0. The number of imidazole rings is 1. The number of ether oxygens (including phenoxy) is 1. The monoisotopic (exact) mass is 235 g/mol. The van der Waals surface area contributed by atoms with Gasteiger partial charge in [-0.25, -0.2) is 4.98 Å². The topological polar surface area (TPSA) is 69.3 Å². The van der Waals surface area contributed by atoms with Gasteiger partial charge in [0.25, 0.3) is 5.91 Å². The maximum Gasteiger partial charge on any atom is 0.287 e. The molecule has 17 heavy (non-hydrogen) atoms. The minimum atomic E-state index is -0.256. The zero-order valence-electron chi connectivity index (χ0n) is 9.42. The van der Waals surface area contributed by atoms with Gasteiger partial charge in [-0.2, -0.15) is 0 Å². The first-order valence-electron chi connectivity index (χ1n) is 5.16. The van der Waals surface area contributed by atoms with E-state index in [-0.39, 0.29) is 11.7 Å². The molecular weight excluding hydrogens is 222 g/mol. The second kappa shape index (κ2) is 5.31. The third kappa shape index (κ3) is 2.73. The molecule has 0 radical (unpaired) electrons. The number of carbonyl (C=O) groups excluding carboxylic acids is 1. The quantitative estimate of drug-likeness (QED) is 0.780. The summed E-state index contributed by atoms with van der Waals surface area (Å²) >= 11 is 0. The predicted octanol–water partition coefficient (Wildman–Crippen LogP) is 0.841. The molecule has 1 amide bonds. The fourth-order valence-electron chi connectivity index (χ4n) is 1.33. The molecule has 0 fully saturated rings. The number of rotatable bonds is 5. The lowest BCUT2D eigenvalue weighted by Gasteiger charge is -2.01. The Kier molecular flexibility index (Phi) is 3.56. The van der Waals surface area contributed by atoms with E-state index < -0.39 is 0 Å². The Morgan fingerprint density at radius 1 is 1.59 bits per heavy atom. The number of methoxy groups -OCH3 is 1. The highest BCUT2D eigenvalue weighted by molar-refractivity contribution is 5.91. The maximum absolute atomic E-state index is 11.6. The van der Waals surface area contributed by atoms with Gasteiger partial charge in [0.1, 0.15) is 6.33 Å². The molecule has 0 spiro atoms. The minimum Gasteiger partial charge on any atom is -0.435 e. The fourth-order valence-corrected chi connectivity index (χ4v) is 1.33. The van der Waals surface area contributed by atoms with Crippen LogP contribution in [0.25, 0.3) is 5.88 Å². The Hall–Kier alpha value is -2.08. The molecule has 0 aromatic carbocycles. The van der Waals surface area contributed by atoms with Crippen molar-refractivity contribution in [3.63, 3.8) is 0 Å². The van der Waals surface area contributed by atoms with Gasteiger partial charge < -0.3 is 14.5 Å². The highest BCUT2D eigenvalue weighted by Gasteiger charge is 2.10. The van der Waals surface area contributed by atoms with Gasteiger partial charge in [0.05, 0.1) is 6.61 Å². The summed E-state index contributed by atoms with van der Waals surface area (Å²) in [5, 5.41) is 2.68. The summed E-state index contributed by atoms with van der Waals surface area (Å²) in [6.07, 6.45) is 4.98. The first-order valence-corrected chi connectivity index (χ1v) is 5.16. The summed E-state index contributed by atoms with van der Waals surface area (Å²) in [4.78, 5) is 15.5. The number of hydrogen-bond acceptors (Lipinski definition) is 4. The molecule has 0 unspecified atom stereocenters. The van der Waals surface area contributed by atoms with Gasteiger partial charge in [0, 0.05) is 32.1 Å². The van der Waals surface area contributed by atoms with Crippen molar-refractivity contribution < 1.29 is 13.9 Å². The van der Waals surface area contributed by atoms with E-state index in [0.717, 1.165) is 0 Å². The molecule has 0 aliphatic heterocycles. The fraction of sp³-hybridized carbons (Fsp3) is 0.273. The van der Waals surface area contributed by atoms with Gasteiger partial charge >= 0.3 is 0 Å². The average molecular weight is 235 g/mol. The minimum absolute atomic E-state index is 0.256. The van der Waals surface area contributed by atoms with Gasteiger partial charge in [0.15, 0.2) is 5.76 Å². The van der Waals surface area contributed by atoms with Crippen molar-refractivity contribution in [3.05, 3.63) is 36.6 Å². The van der Waals surface area contributed by atoms with Crippen molar-refractivity contribution in [1.82, 2.24) is 14.9 Å². The van der Waals surface area contributed by atoms with Crippen LogP contribution in [-0.4, -0.2) is 35.7 Å². The Bertz CT molecular complexity index is 476. The molecule has 6 nitrogen and oxygen atoms in total. The van der Waals surface area contributed by atoms with Gasteiger partial charge in [0.2, 0.25) is 5.88 Å². The molecule has 2 aromatic rings. The number of amides is 1. The van der Waals surface area contributed by atoms with Gasteiger partial charge in [-0.15, -0.1) is 0 Å². The number of nitrogens with zero attached hydrogens (tertiary/aromatic N) is 2. The standard InChI is InChI=1S/C11H13N3O3/c1-16-7-5-13-11(15)9-2-3-10(17-9)14-6-4-12-8-14/h2-4,6,8H,5,7H2,1H3,(H,13,15). The third-order valence-corrected chi connectivity index (χ3v) is 2.17. The summed E-state index contributed by atoms with van der Waals surface area (Å²) < 4.78 is 11.9. The largest absolute Gasteiger partial charge is 0.435 e. The van der Waals surface area contributed by atoms with Crippen molar-refractivity contribution in [2.75, 3.05) is 20.3 Å². The zero-order valence-corrected chi connectivity index (χ0v) is 9.42. The van der Waals surface area contributed by atoms with Crippen LogP contribution in [0.3, 0.4) is 0 Å². The second-order valence-electron chi connectivity index (χ2n) is 3.36. The van der Waals surface area contributed by atoms with Crippen LogP contribution in [0.1, 0.15) is 10.6 Å². The molecule has 2 heterocycles. The highest BCUT2D eigenvalue weighted by atomic mass is 16.5. The van der Waals surface area contributed by atoms with Crippen LogP contribution in [0, 0.1) is 0 Å². The predicted molar refractivity (Wildman–Crippen MR) is 60.0 cm³/mol. The van der Waals surface area contributed by atoms with Gasteiger partial charge in [-0.05, 0) is 6.07 Å². The summed E-state index contributed by atoms with van der Waals surface area (Å²) in [6, 6.07) is 3.34. The molecule has 1 N–H and O–H groups in total. The van der Waals surface area contributed by atoms with Crippen LogP contribution in [0.15, 0.2) is 35.3 Å². The Balaban J connectivity index is 2.01.